The van der Waals surface area contributed by atoms with Gasteiger partial charge >= 0.3 is 5.97 Å². The maximum absolute atomic E-state index is 13.1. The smallest absolute Gasteiger partial charge is 0.338 e. The number of thiazole rings is 1. The molecule has 1 aromatic heterocycles. The molecule has 11 heteroatoms. The van der Waals surface area contributed by atoms with Crippen LogP contribution < -0.4 is 4.80 Å². The Balaban J connectivity index is 1.64. The molecule has 1 aliphatic rings. The van der Waals surface area contributed by atoms with Crippen LogP contribution in [-0.4, -0.2) is 62.1 Å². The van der Waals surface area contributed by atoms with Crippen molar-refractivity contribution in [2.75, 3.05) is 32.9 Å². The lowest BCUT2D eigenvalue weighted by Gasteiger charge is -2.30. The summed E-state index contributed by atoms with van der Waals surface area (Å²) < 4.78 is 40.9. The zero-order valence-corrected chi connectivity index (χ0v) is 23.5. The van der Waals surface area contributed by atoms with Gasteiger partial charge in [0.1, 0.15) is 0 Å². The first-order chi connectivity index (χ1) is 18.2. The van der Waals surface area contributed by atoms with Gasteiger partial charge in [0.25, 0.3) is 5.91 Å². The summed E-state index contributed by atoms with van der Waals surface area (Å²) >= 11 is 1.29. The van der Waals surface area contributed by atoms with Crippen LogP contribution in [-0.2, 0) is 26.0 Å². The van der Waals surface area contributed by atoms with Gasteiger partial charge in [-0.3, -0.25) is 4.79 Å². The number of esters is 1. The second kappa shape index (κ2) is 12.3. The molecule has 204 valence electrons. The van der Waals surface area contributed by atoms with Gasteiger partial charge in [0, 0.05) is 31.8 Å². The molecule has 0 N–H and O–H groups in total. The molecule has 1 aliphatic heterocycles. The first-order valence-electron chi connectivity index (χ1n) is 12.8. The number of carbonyl (C=O) groups is 2. The van der Waals surface area contributed by atoms with Crippen molar-refractivity contribution in [3.8, 4) is 0 Å². The number of benzene rings is 2. The average Bonchev–Trinajstić information content (AvgIpc) is 3.25. The molecule has 9 nitrogen and oxygen atoms in total. The highest BCUT2D eigenvalue weighted by Crippen LogP contribution is 2.24. The van der Waals surface area contributed by atoms with E-state index in [4.69, 9.17) is 9.47 Å². The van der Waals surface area contributed by atoms with E-state index >= 15 is 0 Å². The van der Waals surface area contributed by atoms with E-state index in [1.165, 1.54) is 39.9 Å². The molecule has 2 heterocycles. The predicted octanol–water partition coefficient (Wildman–Crippen LogP) is 4.08. The quantitative estimate of drug-likeness (QED) is 0.289. The minimum Gasteiger partial charge on any atom is -0.462 e. The minimum absolute atomic E-state index is 0.170. The first kappa shape index (κ1) is 28.2. The van der Waals surface area contributed by atoms with E-state index in [0.717, 1.165) is 23.1 Å². The highest BCUT2D eigenvalue weighted by Gasteiger charge is 2.28. The van der Waals surface area contributed by atoms with Gasteiger partial charge in [-0.2, -0.15) is 9.30 Å². The van der Waals surface area contributed by atoms with E-state index in [-0.39, 0.29) is 17.1 Å². The Morgan fingerprint density at radius 1 is 1.08 bits per heavy atom. The van der Waals surface area contributed by atoms with E-state index < -0.39 is 21.9 Å². The molecule has 1 unspecified atom stereocenters. The van der Waals surface area contributed by atoms with Crippen molar-refractivity contribution in [1.82, 2.24) is 8.87 Å². The van der Waals surface area contributed by atoms with Crippen molar-refractivity contribution in [1.29, 1.82) is 0 Å². The van der Waals surface area contributed by atoms with Crippen molar-refractivity contribution in [3.63, 3.8) is 0 Å². The molecule has 1 atom stereocenters. The summed E-state index contributed by atoms with van der Waals surface area (Å²) in [5, 5.41) is 0. The van der Waals surface area contributed by atoms with Gasteiger partial charge in [-0.15, -0.1) is 0 Å². The summed E-state index contributed by atoms with van der Waals surface area (Å²) in [6, 6.07) is 11.2. The van der Waals surface area contributed by atoms with Crippen LogP contribution in [0.1, 0.15) is 54.3 Å². The number of rotatable bonds is 9. The van der Waals surface area contributed by atoms with Gasteiger partial charge in [0.2, 0.25) is 10.0 Å². The SMILES string of the molecule is CCOCCn1c(=NC(=O)c2ccc(S(=O)(=O)N3CCCC(C)C3)cc2)sc2cc(C(=O)OCC)ccc21. The molecule has 0 radical (unpaired) electrons. The van der Waals surface area contributed by atoms with Crippen LogP contribution in [0.3, 0.4) is 0 Å². The Kier molecular flexibility index (Phi) is 9.14. The molecule has 1 amide bonds. The third-order valence-electron chi connectivity index (χ3n) is 6.41. The summed E-state index contributed by atoms with van der Waals surface area (Å²) in [6.07, 6.45) is 1.86. The van der Waals surface area contributed by atoms with Gasteiger partial charge in [-0.05, 0) is 75.1 Å². The third-order valence-corrected chi connectivity index (χ3v) is 9.33. The number of amides is 1. The van der Waals surface area contributed by atoms with Gasteiger partial charge in [0.05, 0.1) is 33.9 Å². The lowest BCUT2D eigenvalue weighted by Crippen LogP contribution is -2.39. The molecule has 1 saturated heterocycles. The third kappa shape index (κ3) is 6.23. The molecule has 38 heavy (non-hydrogen) atoms. The number of hydrogen-bond acceptors (Lipinski definition) is 7. The van der Waals surface area contributed by atoms with E-state index in [9.17, 15) is 18.0 Å². The summed E-state index contributed by atoms with van der Waals surface area (Å²) in [4.78, 5) is 30.3. The van der Waals surface area contributed by atoms with Crippen LogP contribution in [0.25, 0.3) is 10.2 Å². The number of nitrogens with zero attached hydrogens (tertiary/aromatic N) is 3. The normalized spacial score (nSPS) is 17.1. The van der Waals surface area contributed by atoms with E-state index in [2.05, 4.69) is 11.9 Å². The zero-order chi connectivity index (χ0) is 27.3. The molecule has 2 aromatic carbocycles. The fourth-order valence-corrected chi connectivity index (χ4v) is 7.14. The van der Waals surface area contributed by atoms with Crippen LogP contribution in [0, 0.1) is 5.92 Å². The number of ether oxygens (including phenoxy) is 2. The maximum atomic E-state index is 13.1. The summed E-state index contributed by atoms with van der Waals surface area (Å²) in [6.45, 7) is 8.48. The summed E-state index contributed by atoms with van der Waals surface area (Å²) in [5.41, 5.74) is 1.54. The second-order valence-electron chi connectivity index (χ2n) is 9.19. The Morgan fingerprint density at radius 2 is 1.82 bits per heavy atom. The maximum Gasteiger partial charge on any atom is 0.338 e. The first-order valence-corrected chi connectivity index (χ1v) is 15.1. The van der Waals surface area contributed by atoms with Crippen molar-refractivity contribution < 1.29 is 27.5 Å². The van der Waals surface area contributed by atoms with E-state index in [1.54, 1.807) is 19.1 Å². The molecule has 1 fully saturated rings. The number of carbonyl (C=O) groups excluding carboxylic acids is 2. The molecule has 0 spiro atoms. The molecular formula is C27H33N3O6S2. The molecule has 0 saturated carbocycles. The minimum atomic E-state index is -3.61. The number of hydrogen-bond donors (Lipinski definition) is 0. The van der Waals surface area contributed by atoms with Gasteiger partial charge in [-0.25, -0.2) is 13.2 Å². The number of piperidine rings is 1. The van der Waals surface area contributed by atoms with Gasteiger partial charge in [-0.1, -0.05) is 18.3 Å². The second-order valence-corrected chi connectivity index (χ2v) is 12.1. The van der Waals surface area contributed by atoms with Crippen molar-refractivity contribution in [2.24, 2.45) is 10.9 Å². The monoisotopic (exact) mass is 559 g/mol. The number of sulfonamides is 1. The van der Waals surface area contributed by atoms with Crippen molar-refractivity contribution in [3.05, 3.63) is 58.4 Å². The van der Waals surface area contributed by atoms with Crippen LogP contribution in [0.5, 0.6) is 0 Å². The van der Waals surface area contributed by atoms with Crippen LogP contribution in [0.4, 0.5) is 0 Å². The number of aromatic nitrogens is 1. The lowest BCUT2D eigenvalue weighted by atomic mass is 10.0. The van der Waals surface area contributed by atoms with Crippen LogP contribution >= 0.6 is 11.3 Å². The molecule has 0 aliphatic carbocycles. The molecule has 4 rings (SSSR count). The summed E-state index contributed by atoms with van der Waals surface area (Å²) in [5.74, 6) is -0.572. The Bertz CT molecular complexity index is 1470. The number of fused-ring (bicyclic) bond motifs is 1. The Labute approximate surface area is 226 Å². The fourth-order valence-electron chi connectivity index (χ4n) is 4.45. The van der Waals surface area contributed by atoms with Crippen LogP contribution in [0.15, 0.2) is 52.4 Å². The van der Waals surface area contributed by atoms with Gasteiger partial charge < -0.3 is 14.0 Å². The lowest BCUT2D eigenvalue weighted by molar-refractivity contribution is 0.0526. The Hall–Kier alpha value is -2.86. The molecular weight excluding hydrogens is 526 g/mol. The average molecular weight is 560 g/mol. The highest BCUT2D eigenvalue weighted by molar-refractivity contribution is 7.89. The van der Waals surface area contributed by atoms with E-state index in [1.807, 2.05) is 17.6 Å². The largest absolute Gasteiger partial charge is 0.462 e. The van der Waals surface area contributed by atoms with E-state index in [0.29, 0.717) is 49.1 Å². The predicted molar refractivity (Wildman–Crippen MR) is 146 cm³/mol. The van der Waals surface area contributed by atoms with Crippen molar-refractivity contribution in [2.45, 2.75) is 45.1 Å². The molecule has 0 bridgehead atoms. The summed E-state index contributed by atoms with van der Waals surface area (Å²) in [7, 11) is -3.61. The Morgan fingerprint density at radius 3 is 2.50 bits per heavy atom. The van der Waals surface area contributed by atoms with Gasteiger partial charge in [0.15, 0.2) is 4.80 Å². The topological polar surface area (TPSA) is 107 Å². The van der Waals surface area contributed by atoms with Crippen molar-refractivity contribution >= 4 is 43.5 Å². The molecule has 3 aromatic rings. The highest BCUT2D eigenvalue weighted by atomic mass is 32.2. The standard InChI is InChI=1S/C27H33N3O6S2/c1-4-35-16-15-30-23-13-10-21(26(32)36-5-2)17-24(23)37-27(30)28-25(31)20-8-11-22(12-9-20)38(33,34)29-14-6-7-19(3)18-29/h8-13,17,19H,4-7,14-16,18H2,1-3H3. The van der Waals surface area contributed by atoms with Crippen LogP contribution in [0.2, 0.25) is 0 Å². The zero-order valence-electron chi connectivity index (χ0n) is 21.9. The fraction of sp³-hybridized carbons (Fsp3) is 0.444.